The SMILES string of the molecule is COC(=O)C(C)CCn1c(=O)n(C)c2ccc(N)cc21. The standard InChI is InChI=1S/C14H19N3O3/c1-9(13(18)20-3)6-7-17-12-8-10(15)4-5-11(12)16(2)14(17)19/h4-5,8-9H,6-7,15H2,1-3H3. The van der Waals surface area contributed by atoms with Gasteiger partial charge in [0.25, 0.3) is 0 Å². The topological polar surface area (TPSA) is 79.2 Å². The molecule has 2 rings (SSSR count). The second kappa shape index (κ2) is 5.40. The lowest BCUT2D eigenvalue weighted by Crippen LogP contribution is -2.24. The van der Waals surface area contributed by atoms with E-state index in [4.69, 9.17) is 10.5 Å². The zero-order valence-electron chi connectivity index (χ0n) is 11.9. The zero-order valence-corrected chi connectivity index (χ0v) is 11.9. The minimum atomic E-state index is -0.266. The number of nitrogen functional groups attached to an aromatic ring is 1. The highest BCUT2D eigenvalue weighted by molar-refractivity contribution is 5.79. The zero-order chi connectivity index (χ0) is 14.9. The lowest BCUT2D eigenvalue weighted by Gasteiger charge is -2.09. The molecule has 6 nitrogen and oxygen atoms in total. The molecule has 1 aromatic carbocycles. The molecular weight excluding hydrogens is 258 g/mol. The Morgan fingerprint density at radius 3 is 2.75 bits per heavy atom. The van der Waals surface area contributed by atoms with Crippen LogP contribution in [0.1, 0.15) is 13.3 Å². The number of anilines is 1. The number of nitrogens with zero attached hydrogens (tertiary/aromatic N) is 2. The molecule has 1 aromatic heterocycles. The summed E-state index contributed by atoms with van der Waals surface area (Å²) in [6.07, 6.45) is 0.542. The Kier molecular flexibility index (Phi) is 3.83. The second-order valence-corrected chi connectivity index (χ2v) is 4.95. The van der Waals surface area contributed by atoms with E-state index >= 15 is 0 Å². The molecule has 0 spiro atoms. The Balaban J connectivity index is 2.35. The van der Waals surface area contributed by atoms with Crippen molar-refractivity contribution in [2.45, 2.75) is 19.9 Å². The first kappa shape index (κ1) is 14.2. The summed E-state index contributed by atoms with van der Waals surface area (Å²) in [6, 6.07) is 5.37. The van der Waals surface area contributed by atoms with Crippen molar-refractivity contribution in [1.29, 1.82) is 0 Å². The first-order chi connectivity index (χ1) is 9.45. The summed E-state index contributed by atoms with van der Waals surface area (Å²) in [6.45, 7) is 2.24. The Morgan fingerprint density at radius 2 is 2.10 bits per heavy atom. The smallest absolute Gasteiger partial charge is 0.328 e. The lowest BCUT2D eigenvalue weighted by molar-refractivity contribution is -0.145. The number of aromatic nitrogens is 2. The Morgan fingerprint density at radius 1 is 1.40 bits per heavy atom. The number of esters is 1. The van der Waals surface area contributed by atoms with Crippen LogP contribution in [0.2, 0.25) is 0 Å². The fraction of sp³-hybridized carbons (Fsp3) is 0.429. The molecule has 0 saturated carbocycles. The van der Waals surface area contributed by atoms with Crippen LogP contribution in [0.15, 0.2) is 23.0 Å². The van der Waals surface area contributed by atoms with Gasteiger partial charge in [-0.1, -0.05) is 6.92 Å². The molecule has 1 heterocycles. The van der Waals surface area contributed by atoms with Crippen molar-refractivity contribution >= 4 is 22.7 Å². The van der Waals surface area contributed by atoms with Gasteiger partial charge in [-0.2, -0.15) is 0 Å². The number of aryl methyl sites for hydroxylation is 2. The van der Waals surface area contributed by atoms with Crippen LogP contribution in [0, 0.1) is 5.92 Å². The van der Waals surface area contributed by atoms with Gasteiger partial charge in [-0.05, 0) is 24.6 Å². The number of fused-ring (bicyclic) bond motifs is 1. The van der Waals surface area contributed by atoms with Crippen molar-refractivity contribution in [3.8, 4) is 0 Å². The third-order valence-electron chi connectivity index (χ3n) is 3.56. The molecule has 0 saturated heterocycles. The molecule has 2 aromatic rings. The number of ether oxygens (including phenoxy) is 1. The van der Waals surface area contributed by atoms with Gasteiger partial charge in [0.15, 0.2) is 0 Å². The van der Waals surface area contributed by atoms with Gasteiger partial charge in [0.1, 0.15) is 0 Å². The molecule has 2 N–H and O–H groups in total. The molecule has 0 fully saturated rings. The van der Waals surface area contributed by atoms with Crippen LogP contribution in [-0.4, -0.2) is 22.2 Å². The summed E-state index contributed by atoms with van der Waals surface area (Å²) >= 11 is 0. The minimum absolute atomic E-state index is 0.109. The van der Waals surface area contributed by atoms with E-state index in [1.807, 2.05) is 6.07 Å². The van der Waals surface area contributed by atoms with Crippen LogP contribution in [-0.2, 0) is 23.1 Å². The molecule has 0 aliphatic carbocycles. The highest BCUT2D eigenvalue weighted by atomic mass is 16.5. The molecule has 1 unspecified atom stereocenters. The van der Waals surface area contributed by atoms with Gasteiger partial charge >= 0.3 is 11.7 Å². The summed E-state index contributed by atoms with van der Waals surface area (Å²) in [5, 5.41) is 0. The third kappa shape index (κ3) is 2.41. The largest absolute Gasteiger partial charge is 0.469 e. The predicted molar refractivity (Wildman–Crippen MR) is 77.4 cm³/mol. The monoisotopic (exact) mass is 277 g/mol. The normalized spacial score (nSPS) is 12.6. The number of nitrogens with two attached hydrogens (primary N) is 1. The molecule has 20 heavy (non-hydrogen) atoms. The van der Waals surface area contributed by atoms with E-state index < -0.39 is 0 Å². The van der Waals surface area contributed by atoms with E-state index in [2.05, 4.69) is 0 Å². The fourth-order valence-electron chi connectivity index (χ4n) is 2.29. The van der Waals surface area contributed by atoms with Gasteiger partial charge in [0, 0.05) is 19.3 Å². The first-order valence-corrected chi connectivity index (χ1v) is 6.48. The Bertz CT molecular complexity index is 699. The summed E-state index contributed by atoms with van der Waals surface area (Å²) in [5.74, 6) is -0.513. The average Bonchev–Trinajstić information content (AvgIpc) is 2.67. The molecule has 108 valence electrons. The predicted octanol–water partition coefficient (Wildman–Crippen LogP) is 1.12. The minimum Gasteiger partial charge on any atom is -0.469 e. The maximum atomic E-state index is 12.2. The van der Waals surface area contributed by atoms with Crippen molar-refractivity contribution in [3.05, 3.63) is 28.7 Å². The van der Waals surface area contributed by atoms with Crippen molar-refractivity contribution in [3.63, 3.8) is 0 Å². The van der Waals surface area contributed by atoms with E-state index in [0.29, 0.717) is 18.7 Å². The van der Waals surface area contributed by atoms with Gasteiger partial charge in [-0.25, -0.2) is 4.79 Å². The van der Waals surface area contributed by atoms with Crippen molar-refractivity contribution in [2.24, 2.45) is 13.0 Å². The Labute approximate surface area is 116 Å². The summed E-state index contributed by atoms with van der Waals surface area (Å²) < 4.78 is 7.92. The van der Waals surface area contributed by atoms with Crippen LogP contribution in [0.4, 0.5) is 5.69 Å². The maximum Gasteiger partial charge on any atom is 0.328 e. The van der Waals surface area contributed by atoms with Crippen molar-refractivity contribution in [2.75, 3.05) is 12.8 Å². The number of carbonyl (C=O) groups is 1. The number of imidazole rings is 1. The summed E-state index contributed by atoms with van der Waals surface area (Å²) in [5.41, 5.74) is 7.89. The third-order valence-corrected chi connectivity index (χ3v) is 3.56. The highest BCUT2D eigenvalue weighted by Gasteiger charge is 2.16. The number of rotatable bonds is 4. The molecular formula is C14H19N3O3. The molecule has 1 atom stereocenters. The van der Waals surface area contributed by atoms with E-state index in [-0.39, 0.29) is 17.6 Å². The number of methoxy groups -OCH3 is 1. The number of hydrogen-bond acceptors (Lipinski definition) is 4. The van der Waals surface area contributed by atoms with Crippen LogP contribution in [0.25, 0.3) is 11.0 Å². The van der Waals surface area contributed by atoms with Gasteiger partial charge in [0.05, 0.1) is 24.1 Å². The average molecular weight is 277 g/mol. The van der Waals surface area contributed by atoms with Gasteiger partial charge in [-0.15, -0.1) is 0 Å². The lowest BCUT2D eigenvalue weighted by atomic mass is 10.1. The first-order valence-electron chi connectivity index (χ1n) is 6.48. The van der Waals surface area contributed by atoms with E-state index in [1.54, 1.807) is 35.2 Å². The van der Waals surface area contributed by atoms with Crippen LogP contribution in [0.3, 0.4) is 0 Å². The number of carbonyl (C=O) groups excluding carboxylic acids is 1. The summed E-state index contributed by atoms with van der Waals surface area (Å²) in [7, 11) is 3.09. The fourth-order valence-corrected chi connectivity index (χ4v) is 2.29. The van der Waals surface area contributed by atoms with Gasteiger partial charge < -0.3 is 10.5 Å². The molecule has 0 bridgehead atoms. The summed E-state index contributed by atoms with van der Waals surface area (Å²) in [4.78, 5) is 23.6. The molecule has 0 amide bonds. The van der Waals surface area contributed by atoms with E-state index in [0.717, 1.165) is 11.0 Å². The van der Waals surface area contributed by atoms with Crippen LogP contribution >= 0.6 is 0 Å². The molecule has 0 aliphatic heterocycles. The van der Waals surface area contributed by atoms with Gasteiger partial charge in [0.2, 0.25) is 0 Å². The van der Waals surface area contributed by atoms with E-state index in [1.165, 1.54) is 7.11 Å². The maximum absolute atomic E-state index is 12.2. The molecule has 0 radical (unpaired) electrons. The van der Waals surface area contributed by atoms with Crippen LogP contribution < -0.4 is 11.4 Å². The van der Waals surface area contributed by atoms with E-state index in [9.17, 15) is 9.59 Å². The molecule has 6 heteroatoms. The quantitative estimate of drug-likeness (QED) is 0.671. The second-order valence-electron chi connectivity index (χ2n) is 4.95. The Hall–Kier alpha value is -2.24. The molecule has 0 aliphatic rings. The highest BCUT2D eigenvalue weighted by Crippen LogP contribution is 2.17. The number of hydrogen-bond donors (Lipinski definition) is 1. The van der Waals surface area contributed by atoms with Crippen LogP contribution in [0.5, 0.6) is 0 Å². The number of benzene rings is 1. The van der Waals surface area contributed by atoms with Crippen molar-refractivity contribution in [1.82, 2.24) is 9.13 Å². The van der Waals surface area contributed by atoms with Gasteiger partial charge in [-0.3, -0.25) is 13.9 Å². The van der Waals surface area contributed by atoms with Crippen molar-refractivity contribution < 1.29 is 9.53 Å².